The highest BCUT2D eigenvalue weighted by atomic mass is 32.2. The number of nitrogens with two attached hydrogens (primary N) is 1. The van der Waals surface area contributed by atoms with Crippen LogP contribution in [0.25, 0.3) is 0 Å². The molecule has 2 atom stereocenters. The van der Waals surface area contributed by atoms with Gasteiger partial charge in [-0.25, -0.2) is 8.78 Å². The van der Waals surface area contributed by atoms with E-state index in [0.29, 0.717) is 17.5 Å². The second kappa shape index (κ2) is 9.05. The van der Waals surface area contributed by atoms with Gasteiger partial charge in [-0.05, 0) is 49.1 Å². The largest absolute Gasteiger partial charge is 0.330 e. The number of hydrogen-bond donors (Lipinski definition) is 1. The molecule has 0 amide bonds. The van der Waals surface area contributed by atoms with Crippen LogP contribution in [-0.4, -0.2) is 23.1 Å². The van der Waals surface area contributed by atoms with Gasteiger partial charge in [0.15, 0.2) is 0 Å². The van der Waals surface area contributed by atoms with E-state index in [4.69, 9.17) is 10.8 Å². The number of rotatable bonds is 8. The SMILES string of the molecule is CC[C@H](C)CN1N=C(c2cc(F)ccc2F)SC1(CCCN)c1ccccc1. The topological polar surface area (TPSA) is 41.6 Å². The summed E-state index contributed by atoms with van der Waals surface area (Å²) in [4.78, 5) is -0.474. The molecule has 1 aliphatic rings. The first-order chi connectivity index (χ1) is 13.5. The summed E-state index contributed by atoms with van der Waals surface area (Å²) in [6, 6.07) is 13.7. The number of nitrogens with zero attached hydrogens (tertiary/aromatic N) is 2. The van der Waals surface area contributed by atoms with Gasteiger partial charge in [-0.1, -0.05) is 62.4 Å². The van der Waals surface area contributed by atoms with Gasteiger partial charge in [0.25, 0.3) is 0 Å². The van der Waals surface area contributed by atoms with E-state index in [9.17, 15) is 8.78 Å². The monoisotopic (exact) mass is 403 g/mol. The summed E-state index contributed by atoms with van der Waals surface area (Å²) in [5.41, 5.74) is 7.15. The summed E-state index contributed by atoms with van der Waals surface area (Å²) in [5.74, 6) is -0.506. The molecular weight excluding hydrogens is 376 g/mol. The number of hydrogen-bond acceptors (Lipinski definition) is 4. The molecule has 2 N–H and O–H groups in total. The lowest BCUT2D eigenvalue weighted by molar-refractivity contribution is 0.145. The predicted octanol–water partition coefficient (Wildman–Crippen LogP) is 5.31. The van der Waals surface area contributed by atoms with Crippen LogP contribution in [0.5, 0.6) is 0 Å². The van der Waals surface area contributed by atoms with Crippen molar-refractivity contribution in [2.45, 2.75) is 38.0 Å². The number of benzene rings is 2. The molecule has 150 valence electrons. The Bertz CT molecular complexity index is 828. The molecular formula is C22H27F2N3S. The normalized spacial score (nSPS) is 20.3. The lowest BCUT2D eigenvalue weighted by atomic mass is 9.99. The van der Waals surface area contributed by atoms with Gasteiger partial charge in [-0.3, -0.25) is 5.01 Å². The van der Waals surface area contributed by atoms with Gasteiger partial charge in [0, 0.05) is 12.1 Å². The predicted molar refractivity (Wildman–Crippen MR) is 113 cm³/mol. The molecule has 0 aliphatic carbocycles. The first-order valence-corrected chi connectivity index (χ1v) is 10.6. The van der Waals surface area contributed by atoms with Crippen LogP contribution in [0.3, 0.4) is 0 Å². The zero-order valence-electron chi connectivity index (χ0n) is 16.4. The molecule has 6 heteroatoms. The molecule has 28 heavy (non-hydrogen) atoms. The minimum Gasteiger partial charge on any atom is -0.330 e. The van der Waals surface area contributed by atoms with Crippen molar-refractivity contribution in [1.29, 1.82) is 0 Å². The molecule has 0 fully saturated rings. The van der Waals surface area contributed by atoms with E-state index in [2.05, 4.69) is 31.0 Å². The summed E-state index contributed by atoms with van der Waals surface area (Å²) >= 11 is 1.50. The molecule has 0 saturated heterocycles. The second-order valence-electron chi connectivity index (χ2n) is 7.27. The van der Waals surface area contributed by atoms with Crippen molar-refractivity contribution in [1.82, 2.24) is 5.01 Å². The zero-order chi connectivity index (χ0) is 20.1. The molecule has 3 nitrogen and oxygen atoms in total. The Morgan fingerprint density at radius 3 is 2.61 bits per heavy atom. The molecule has 1 aliphatic heterocycles. The second-order valence-corrected chi connectivity index (χ2v) is 8.54. The third-order valence-electron chi connectivity index (χ3n) is 5.18. The minimum atomic E-state index is -0.474. The zero-order valence-corrected chi connectivity index (χ0v) is 17.2. The Kier molecular flexibility index (Phi) is 6.73. The third-order valence-corrected chi connectivity index (χ3v) is 6.66. The molecule has 0 saturated carbocycles. The van der Waals surface area contributed by atoms with Crippen LogP contribution in [0.15, 0.2) is 53.6 Å². The molecule has 2 aromatic carbocycles. The third kappa shape index (κ3) is 4.23. The molecule has 3 rings (SSSR count). The molecule has 0 spiro atoms. The van der Waals surface area contributed by atoms with Crippen molar-refractivity contribution < 1.29 is 8.78 Å². The first-order valence-electron chi connectivity index (χ1n) is 9.76. The van der Waals surface area contributed by atoms with Gasteiger partial charge in [-0.2, -0.15) is 5.10 Å². The van der Waals surface area contributed by atoms with E-state index >= 15 is 0 Å². The Morgan fingerprint density at radius 2 is 1.93 bits per heavy atom. The summed E-state index contributed by atoms with van der Waals surface area (Å²) in [5, 5.41) is 7.38. The first kappa shape index (κ1) is 20.8. The van der Waals surface area contributed by atoms with Crippen molar-refractivity contribution in [2.24, 2.45) is 16.8 Å². The Balaban J connectivity index is 2.08. The van der Waals surface area contributed by atoms with E-state index in [1.165, 1.54) is 17.8 Å². The molecule has 2 aromatic rings. The van der Waals surface area contributed by atoms with Crippen molar-refractivity contribution in [3.8, 4) is 0 Å². The van der Waals surface area contributed by atoms with Crippen LogP contribution in [0, 0.1) is 17.6 Å². The van der Waals surface area contributed by atoms with Crippen molar-refractivity contribution in [3.05, 3.63) is 71.3 Å². The quantitative estimate of drug-likeness (QED) is 0.649. The standard InChI is InChI=1S/C22H27F2N3S/c1-3-16(2)15-27-22(12-7-13-25,17-8-5-4-6-9-17)28-21(26-27)19-14-18(23)10-11-20(19)24/h4-6,8-11,14,16H,3,7,12-13,15,25H2,1-2H3/t16-,22?/m0/s1. The summed E-state index contributed by atoms with van der Waals surface area (Å²) in [7, 11) is 0. The lowest BCUT2D eigenvalue weighted by Gasteiger charge is -2.38. The summed E-state index contributed by atoms with van der Waals surface area (Å²) in [6.07, 6.45) is 2.61. The Labute approximate surface area is 170 Å². The van der Waals surface area contributed by atoms with Gasteiger partial charge in [0.2, 0.25) is 0 Å². The highest BCUT2D eigenvalue weighted by Gasteiger charge is 2.45. The van der Waals surface area contributed by atoms with Crippen LogP contribution >= 0.6 is 11.8 Å². The summed E-state index contributed by atoms with van der Waals surface area (Å²) < 4.78 is 28.3. The number of thioether (sulfide) groups is 1. The number of halogens is 2. The summed E-state index contributed by atoms with van der Waals surface area (Å²) in [6.45, 7) is 5.63. The Hall–Kier alpha value is -1.92. The fraction of sp³-hybridized carbons (Fsp3) is 0.409. The van der Waals surface area contributed by atoms with Crippen LogP contribution in [0.2, 0.25) is 0 Å². The maximum atomic E-state index is 14.5. The fourth-order valence-corrected chi connectivity index (χ4v) is 4.83. The van der Waals surface area contributed by atoms with Crippen molar-refractivity contribution >= 4 is 16.8 Å². The molecule has 1 unspecified atom stereocenters. The fourth-order valence-electron chi connectivity index (χ4n) is 3.38. The van der Waals surface area contributed by atoms with Gasteiger partial charge in [0.05, 0.1) is 0 Å². The van der Waals surface area contributed by atoms with Crippen molar-refractivity contribution in [3.63, 3.8) is 0 Å². The van der Waals surface area contributed by atoms with Crippen LogP contribution in [0.4, 0.5) is 8.78 Å². The molecule has 1 heterocycles. The lowest BCUT2D eigenvalue weighted by Crippen LogP contribution is -2.40. The van der Waals surface area contributed by atoms with E-state index in [1.54, 1.807) is 0 Å². The molecule has 0 bridgehead atoms. The highest BCUT2D eigenvalue weighted by Crippen LogP contribution is 2.50. The Morgan fingerprint density at radius 1 is 1.18 bits per heavy atom. The van der Waals surface area contributed by atoms with Crippen LogP contribution in [-0.2, 0) is 4.87 Å². The minimum absolute atomic E-state index is 0.213. The van der Waals surface area contributed by atoms with Gasteiger partial charge < -0.3 is 5.73 Å². The maximum Gasteiger partial charge on any atom is 0.134 e. The maximum absolute atomic E-state index is 14.5. The molecule has 0 aromatic heterocycles. The van der Waals surface area contributed by atoms with Crippen LogP contribution < -0.4 is 5.73 Å². The number of hydrazone groups is 1. The van der Waals surface area contributed by atoms with Gasteiger partial charge in [0.1, 0.15) is 21.5 Å². The van der Waals surface area contributed by atoms with Crippen molar-refractivity contribution in [2.75, 3.05) is 13.1 Å². The van der Waals surface area contributed by atoms with E-state index in [-0.39, 0.29) is 5.56 Å². The van der Waals surface area contributed by atoms with Gasteiger partial charge in [-0.15, -0.1) is 0 Å². The van der Waals surface area contributed by atoms with E-state index < -0.39 is 16.5 Å². The van der Waals surface area contributed by atoms with E-state index in [0.717, 1.165) is 43.5 Å². The average Bonchev–Trinajstić information content (AvgIpc) is 3.07. The van der Waals surface area contributed by atoms with Crippen LogP contribution in [0.1, 0.15) is 44.2 Å². The smallest absolute Gasteiger partial charge is 0.134 e. The molecule has 0 radical (unpaired) electrons. The highest BCUT2D eigenvalue weighted by molar-refractivity contribution is 8.15. The van der Waals surface area contributed by atoms with Gasteiger partial charge >= 0.3 is 0 Å². The van der Waals surface area contributed by atoms with E-state index in [1.807, 2.05) is 18.2 Å². The average molecular weight is 404 g/mol.